The molecular formula is C12H20N4O2S. The maximum absolute atomic E-state index is 12.1. The number of nitrogens with two attached hydrogens (primary N) is 1. The van der Waals surface area contributed by atoms with E-state index in [1.165, 1.54) is 0 Å². The van der Waals surface area contributed by atoms with Crippen LogP contribution in [0.4, 0.5) is 11.4 Å². The molecule has 2 N–H and O–H groups in total. The average molecular weight is 284 g/mol. The third kappa shape index (κ3) is 2.82. The first-order valence-corrected chi connectivity index (χ1v) is 7.86. The van der Waals surface area contributed by atoms with Gasteiger partial charge in [0.15, 0.2) is 0 Å². The van der Waals surface area contributed by atoms with Crippen molar-refractivity contribution in [2.24, 2.45) is 0 Å². The van der Waals surface area contributed by atoms with Gasteiger partial charge in [-0.05, 0) is 19.9 Å². The van der Waals surface area contributed by atoms with Gasteiger partial charge in [-0.15, -0.1) is 0 Å². The Kier molecular flexibility index (Phi) is 3.96. The van der Waals surface area contributed by atoms with E-state index < -0.39 is 10.0 Å². The van der Waals surface area contributed by atoms with Gasteiger partial charge in [0.05, 0.1) is 22.8 Å². The molecule has 7 heteroatoms. The molecule has 0 radical (unpaired) electrons. The van der Waals surface area contributed by atoms with Crippen molar-refractivity contribution in [2.75, 3.05) is 36.8 Å². The van der Waals surface area contributed by atoms with Crippen LogP contribution in [0.3, 0.4) is 0 Å². The Labute approximate surface area is 114 Å². The molecule has 19 heavy (non-hydrogen) atoms. The highest BCUT2D eigenvalue weighted by Crippen LogP contribution is 2.23. The van der Waals surface area contributed by atoms with E-state index in [2.05, 4.69) is 9.88 Å². The predicted octanol–water partition coefficient (Wildman–Crippen LogP) is 0.524. The van der Waals surface area contributed by atoms with Crippen molar-refractivity contribution >= 4 is 21.4 Å². The number of sulfonamides is 1. The third-order valence-electron chi connectivity index (χ3n) is 3.36. The second-order valence-electron chi connectivity index (χ2n) is 4.91. The lowest BCUT2D eigenvalue weighted by Gasteiger charge is -2.36. The van der Waals surface area contributed by atoms with Crippen LogP contribution in [0, 0.1) is 0 Å². The van der Waals surface area contributed by atoms with Gasteiger partial charge in [-0.3, -0.25) is 4.98 Å². The molecule has 0 aromatic carbocycles. The number of hydrogen-bond donors (Lipinski definition) is 1. The highest BCUT2D eigenvalue weighted by Gasteiger charge is 2.29. The third-order valence-corrected chi connectivity index (χ3v) is 5.64. The summed E-state index contributed by atoms with van der Waals surface area (Å²) in [7, 11) is -3.15. The number of nitrogen functional groups attached to an aromatic ring is 1. The quantitative estimate of drug-likeness (QED) is 0.875. The van der Waals surface area contributed by atoms with Crippen molar-refractivity contribution in [1.82, 2.24) is 9.29 Å². The second-order valence-corrected chi connectivity index (χ2v) is 7.40. The largest absolute Gasteiger partial charge is 0.396 e. The van der Waals surface area contributed by atoms with E-state index in [0.717, 1.165) is 5.69 Å². The zero-order valence-corrected chi connectivity index (χ0v) is 12.1. The summed E-state index contributed by atoms with van der Waals surface area (Å²) in [5.41, 5.74) is 7.44. The maximum Gasteiger partial charge on any atom is 0.216 e. The summed E-state index contributed by atoms with van der Waals surface area (Å²) >= 11 is 0. The molecule has 0 atom stereocenters. The lowest BCUT2D eigenvalue weighted by Crippen LogP contribution is -2.50. The first-order chi connectivity index (χ1) is 8.93. The minimum Gasteiger partial charge on any atom is -0.396 e. The van der Waals surface area contributed by atoms with Crippen LogP contribution in [0.15, 0.2) is 18.5 Å². The lowest BCUT2D eigenvalue weighted by atomic mass is 10.2. The monoisotopic (exact) mass is 284 g/mol. The van der Waals surface area contributed by atoms with E-state index in [9.17, 15) is 8.42 Å². The fourth-order valence-electron chi connectivity index (χ4n) is 2.17. The van der Waals surface area contributed by atoms with Gasteiger partial charge in [0.25, 0.3) is 0 Å². The van der Waals surface area contributed by atoms with Gasteiger partial charge in [0, 0.05) is 32.4 Å². The minimum absolute atomic E-state index is 0.370. The Morgan fingerprint density at radius 2 is 1.89 bits per heavy atom. The van der Waals surface area contributed by atoms with Crippen molar-refractivity contribution < 1.29 is 8.42 Å². The van der Waals surface area contributed by atoms with Crippen molar-refractivity contribution in [3.05, 3.63) is 18.5 Å². The van der Waals surface area contributed by atoms with Crippen LogP contribution < -0.4 is 10.6 Å². The summed E-state index contributed by atoms with van der Waals surface area (Å²) in [6.45, 7) is 5.73. The number of nitrogens with zero attached hydrogens (tertiary/aromatic N) is 3. The normalized spacial score (nSPS) is 17.9. The van der Waals surface area contributed by atoms with Gasteiger partial charge in [-0.25, -0.2) is 8.42 Å². The summed E-state index contributed by atoms with van der Waals surface area (Å²) in [6, 6.07) is 1.86. The first kappa shape index (κ1) is 14.1. The van der Waals surface area contributed by atoms with Crippen molar-refractivity contribution in [1.29, 1.82) is 0 Å². The molecule has 0 aliphatic carbocycles. The molecule has 2 heterocycles. The fourth-order valence-corrected chi connectivity index (χ4v) is 3.44. The van der Waals surface area contributed by atoms with Crippen molar-refractivity contribution in [3.63, 3.8) is 0 Å². The Morgan fingerprint density at radius 3 is 2.42 bits per heavy atom. The summed E-state index contributed by atoms with van der Waals surface area (Å²) in [5.74, 6) is 0. The molecule has 1 saturated heterocycles. The van der Waals surface area contributed by atoms with Crippen molar-refractivity contribution in [3.8, 4) is 0 Å². The molecule has 0 amide bonds. The van der Waals surface area contributed by atoms with E-state index in [1.807, 2.05) is 6.07 Å². The minimum atomic E-state index is -3.15. The van der Waals surface area contributed by atoms with E-state index in [1.54, 1.807) is 30.5 Å². The Balaban J connectivity index is 2.06. The second kappa shape index (κ2) is 5.34. The van der Waals surface area contributed by atoms with Gasteiger partial charge in [-0.2, -0.15) is 4.31 Å². The SMILES string of the molecule is CC(C)S(=O)(=O)N1CCN(c2ccncc2N)CC1. The molecule has 0 unspecified atom stereocenters. The number of rotatable bonds is 3. The van der Waals surface area contributed by atoms with Crippen LogP contribution in [-0.2, 0) is 10.0 Å². The number of pyridine rings is 1. The van der Waals surface area contributed by atoms with E-state index in [0.29, 0.717) is 31.9 Å². The number of piperazine rings is 1. The topological polar surface area (TPSA) is 79.5 Å². The zero-order chi connectivity index (χ0) is 14.0. The molecule has 1 aromatic heterocycles. The van der Waals surface area contributed by atoms with Crippen LogP contribution in [0.2, 0.25) is 0 Å². The van der Waals surface area contributed by atoms with Gasteiger partial charge in [0.1, 0.15) is 0 Å². The first-order valence-electron chi connectivity index (χ1n) is 6.36. The molecule has 2 rings (SSSR count). The Hall–Kier alpha value is -1.34. The van der Waals surface area contributed by atoms with Gasteiger partial charge in [0.2, 0.25) is 10.0 Å². The lowest BCUT2D eigenvalue weighted by molar-refractivity contribution is 0.381. The Bertz CT molecular complexity index is 536. The van der Waals surface area contributed by atoms with Crippen LogP contribution in [-0.4, -0.2) is 49.1 Å². The number of anilines is 2. The molecule has 6 nitrogen and oxygen atoms in total. The van der Waals surface area contributed by atoms with Crippen LogP contribution in [0.1, 0.15) is 13.8 Å². The van der Waals surface area contributed by atoms with Crippen LogP contribution >= 0.6 is 0 Å². The Morgan fingerprint density at radius 1 is 1.26 bits per heavy atom. The maximum atomic E-state index is 12.1. The zero-order valence-electron chi connectivity index (χ0n) is 11.3. The number of aromatic nitrogens is 1. The molecule has 0 saturated carbocycles. The fraction of sp³-hybridized carbons (Fsp3) is 0.583. The standard InChI is InChI=1S/C12H20N4O2S/c1-10(2)19(17,18)16-7-5-15(6-8-16)12-3-4-14-9-11(12)13/h3-4,9-10H,5-8,13H2,1-2H3. The van der Waals surface area contributed by atoms with E-state index in [-0.39, 0.29) is 5.25 Å². The van der Waals surface area contributed by atoms with Gasteiger partial charge >= 0.3 is 0 Å². The smallest absolute Gasteiger partial charge is 0.216 e. The molecule has 0 spiro atoms. The average Bonchev–Trinajstić information content (AvgIpc) is 2.39. The number of hydrogen-bond acceptors (Lipinski definition) is 5. The molecule has 1 aliphatic rings. The van der Waals surface area contributed by atoms with Gasteiger partial charge < -0.3 is 10.6 Å². The molecule has 106 valence electrons. The molecule has 1 fully saturated rings. The highest BCUT2D eigenvalue weighted by molar-refractivity contribution is 7.89. The summed E-state index contributed by atoms with van der Waals surface area (Å²) in [6.07, 6.45) is 3.31. The van der Waals surface area contributed by atoms with Crippen LogP contribution in [0.25, 0.3) is 0 Å². The molecule has 0 bridgehead atoms. The molecule has 1 aromatic rings. The van der Waals surface area contributed by atoms with Crippen molar-refractivity contribution in [2.45, 2.75) is 19.1 Å². The van der Waals surface area contributed by atoms with Gasteiger partial charge in [-0.1, -0.05) is 0 Å². The molecular weight excluding hydrogens is 264 g/mol. The summed E-state index contributed by atoms with van der Waals surface area (Å²) in [5, 5.41) is -0.370. The summed E-state index contributed by atoms with van der Waals surface area (Å²) in [4.78, 5) is 6.06. The highest BCUT2D eigenvalue weighted by atomic mass is 32.2. The predicted molar refractivity (Wildman–Crippen MR) is 76.5 cm³/mol. The van der Waals surface area contributed by atoms with E-state index >= 15 is 0 Å². The molecule has 1 aliphatic heterocycles. The summed E-state index contributed by atoms with van der Waals surface area (Å²) < 4.78 is 25.7. The van der Waals surface area contributed by atoms with Crippen LogP contribution in [0.5, 0.6) is 0 Å². The van der Waals surface area contributed by atoms with E-state index in [4.69, 9.17) is 5.73 Å².